The first-order valence-electron chi connectivity index (χ1n) is 3.49. The van der Waals surface area contributed by atoms with Gasteiger partial charge in [-0.05, 0) is 29.7 Å². The molecule has 1 aliphatic rings. The Morgan fingerprint density at radius 1 is 1.55 bits per heavy atom. The van der Waals surface area contributed by atoms with Crippen LogP contribution in [0, 0.1) is 17.1 Å². The quantitative estimate of drug-likeness (QED) is 0.550. The molecule has 0 N–H and O–H groups in total. The number of hydrogen-bond acceptors (Lipinski definition) is 1. The minimum absolute atomic E-state index is 0.0688. The summed E-state index contributed by atoms with van der Waals surface area (Å²) in [6, 6.07) is 6.75. The Morgan fingerprint density at radius 3 is 3.09 bits per heavy atom. The topological polar surface area (TPSA) is 23.8 Å². The first-order valence-corrected chi connectivity index (χ1v) is 3.49. The zero-order chi connectivity index (χ0) is 7.84. The lowest BCUT2D eigenvalue weighted by atomic mass is 9.79. The summed E-state index contributed by atoms with van der Waals surface area (Å²) in [4.78, 5) is 0. The molecule has 54 valence electrons. The van der Waals surface area contributed by atoms with E-state index in [1.54, 1.807) is 6.07 Å². The van der Waals surface area contributed by atoms with Gasteiger partial charge in [0.15, 0.2) is 0 Å². The van der Waals surface area contributed by atoms with E-state index in [-0.39, 0.29) is 11.7 Å². The molecule has 1 aliphatic carbocycles. The van der Waals surface area contributed by atoms with Crippen molar-refractivity contribution in [2.75, 3.05) is 0 Å². The van der Waals surface area contributed by atoms with Gasteiger partial charge in [0.1, 0.15) is 5.82 Å². The van der Waals surface area contributed by atoms with Gasteiger partial charge in [0.05, 0.1) is 12.0 Å². The molecule has 11 heavy (non-hydrogen) atoms. The maximum absolute atomic E-state index is 12.6. The van der Waals surface area contributed by atoms with Crippen molar-refractivity contribution >= 4 is 0 Å². The van der Waals surface area contributed by atoms with Gasteiger partial charge < -0.3 is 0 Å². The first kappa shape index (κ1) is 6.36. The van der Waals surface area contributed by atoms with Gasteiger partial charge in [0.2, 0.25) is 0 Å². The summed E-state index contributed by atoms with van der Waals surface area (Å²) >= 11 is 0. The lowest BCUT2D eigenvalue weighted by Gasteiger charge is -2.23. The molecule has 0 aromatic heterocycles. The largest absolute Gasteiger partial charge is 0.207 e. The maximum atomic E-state index is 12.6. The lowest BCUT2D eigenvalue weighted by molar-refractivity contribution is 0.614. The predicted octanol–water partition coefficient (Wildman–Crippen LogP) is 1.99. The number of rotatable bonds is 0. The third-order valence-corrected chi connectivity index (χ3v) is 2.06. The van der Waals surface area contributed by atoms with Gasteiger partial charge in [-0.1, -0.05) is 6.07 Å². The molecule has 0 fully saturated rings. The summed E-state index contributed by atoms with van der Waals surface area (Å²) in [6.45, 7) is 0. The van der Waals surface area contributed by atoms with Crippen molar-refractivity contribution in [3.05, 3.63) is 35.1 Å². The van der Waals surface area contributed by atoms with Crippen molar-refractivity contribution in [1.82, 2.24) is 0 Å². The number of benzene rings is 1. The van der Waals surface area contributed by atoms with Crippen LogP contribution >= 0.6 is 0 Å². The van der Waals surface area contributed by atoms with Crippen LogP contribution in [0.1, 0.15) is 17.0 Å². The molecular formula is C9H6FN. The molecule has 2 heteroatoms. The molecule has 0 aliphatic heterocycles. The summed E-state index contributed by atoms with van der Waals surface area (Å²) < 4.78 is 12.6. The molecule has 0 radical (unpaired) electrons. The van der Waals surface area contributed by atoms with Gasteiger partial charge in [0, 0.05) is 0 Å². The highest BCUT2D eigenvalue weighted by atomic mass is 19.1. The van der Waals surface area contributed by atoms with Crippen LogP contribution < -0.4 is 0 Å². The monoisotopic (exact) mass is 147 g/mol. The smallest absolute Gasteiger partial charge is 0.123 e. The van der Waals surface area contributed by atoms with E-state index >= 15 is 0 Å². The van der Waals surface area contributed by atoms with E-state index in [2.05, 4.69) is 6.07 Å². The second kappa shape index (κ2) is 2.06. The van der Waals surface area contributed by atoms with Crippen LogP contribution in [-0.4, -0.2) is 0 Å². The average Bonchev–Trinajstić information content (AvgIpc) is 1.97. The molecule has 0 unspecified atom stereocenters. The molecule has 2 rings (SSSR count). The Morgan fingerprint density at radius 2 is 2.36 bits per heavy atom. The Hall–Kier alpha value is -1.36. The fraction of sp³-hybridized carbons (Fsp3) is 0.222. The number of fused-ring (bicyclic) bond motifs is 1. The van der Waals surface area contributed by atoms with E-state index in [0.717, 1.165) is 17.5 Å². The van der Waals surface area contributed by atoms with E-state index in [9.17, 15) is 4.39 Å². The summed E-state index contributed by atoms with van der Waals surface area (Å²) in [5, 5.41) is 8.55. The van der Waals surface area contributed by atoms with Crippen LogP contribution in [0.5, 0.6) is 0 Å². The van der Waals surface area contributed by atoms with E-state index in [1.807, 2.05) is 0 Å². The zero-order valence-corrected chi connectivity index (χ0v) is 5.84. The molecule has 1 aromatic rings. The molecular weight excluding hydrogens is 141 g/mol. The van der Waals surface area contributed by atoms with Crippen LogP contribution in [0.15, 0.2) is 18.2 Å². The summed E-state index contributed by atoms with van der Waals surface area (Å²) in [5.74, 6) is -0.315. The Balaban J connectivity index is 2.47. The third-order valence-electron chi connectivity index (χ3n) is 2.06. The van der Waals surface area contributed by atoms with Crippen LogP contribution in [0.4, 0.5) is 4.39 Å². The van der Waals surface area contributed by atoms with Crippen molar-refractivity contribution in [3.8, 4) is 6.07 Å². The van der Waals surface area contributed by atoms with E-state index < -0.39 is 0 Å². The molecule has 0 spiro atoms. The van der Waals surface area contributed by atoms with E-state index in [4.69, 9.17) is 5.26 Å². The Kier molecular flexibility index (Phi) is 1.19. The van der Waals surface area contributed by atoms with Gasteiger partial charge in [-0.25, -0.2) is 4.39 Å². The fourth-order valence-corrected chi connectivity index (χ4v) is 1.39. The second-order valence-electron chi connectivity index (χ2n) is 2.73. The molecule has 0 heterocycles. The number of nitrogens with zero attached hydrogens (tertiary/aromatic N) is 1. The van der Waals surface area contributed by atoms with Crippen molar-refractivity contribution in [2.24, 2.45) is 0 Å². The van der Waals surface area contributed by atoms with Crippen molar-refractivity contribution in [2.45, 2.75) is 12.3 Å². The van der Waals surface area contributed by atoms with Crippen LogP contribution in [0.25, 0.3) is 0 Å². The molecule has 1 atom stereocenters. The highest BCUT2D eigenvalue weighted by Crippen LogP contribution is 2.34. The minimum atomic E-state index is -0.247. The highest BCUT2D eigenvalue weighted by Gasteiger charge is 2.25. The van der Waals surface area contributed by atoms with E-state index in [1.165, 1.54) is 12.1 Å². The summed E-state index contributed by atoms with van der Waals surface area (Å²) in [7, 11) is 0. The van der Waals surface area contributed by atoms with Crippen LogP contribution in [0.3, 0.4) is 0 Å². The SMILES string of the molecule is N#C[C@@H]1Cc2ccc(F)cc21. The molecule has 1 aromatic carbocycles. The highest BCUT2D eigenvalue weighted by molar-refractivity contribution is 5.44. The average molecular weight is 147 g/mol. The third kappa shape index (κ3) is 0.813. The molecule has 0 saturated carbocycles. The maximum Gasteiger partial charge on any atom is 0.123 e. The number of halogens is 1. The van der Waals surface area contributed by atoms with Gasteiger partial charge >= 0.3 is 0 Å². The molecule has 0 amide bonds. The number of hydrogen-bond donors (Lipinski definition) is 0. The predicted molar refractivity (Wildman–Crippen MR) is 38.5 cm³/mol. The second-order valence-corrected chi connectivity index (χ2v) is 2.73. The van der Waals surface area contributed by atoms with Gasteiger partial charge in [-0.15, -0.1) is 0 Å². The first-order chi connectivity index (χ1) is 5.31. The van der Waals surface area contributed by atoms with Crippen LogP contribution in [0.2, 0.25) is 0 Å². The number of nitriles is 1. The molecule has 1 nitrogen and oxygen atoms in total. The van der Waals surface area contributed by atoms with Crippen LogP contribution in [-0.2, 0) is 6.42 Å². The summed E-state index contributed by atoms with van der Waals surface area (Å²) in [5.41, 5.74) is 1.98. The van der Waals surface area contributed by atoms with E-state index in [0.29, 0.717) is 0 Å². The molecule has 0 bridgehead atoms. The molecule has 0 saturated heterocycles. The Labute approximate surface area is 64.1 Å². The van der Waals surface area contributed by atoms with Gasteiger partial charge in [0.25, 0.3) is 0 Å². The Bertz CT molecular complexity index is 338. The standard InChI is InChI=1S/C9H6FN/c10-8-2-1-6-3-7(5-11)9(6)4-8/h1-2,4,7H,3H2/t7-/m0/s1. The summed E-state index contributed by atoms with van der Waals surface area (Å²) in [6.07, 6.45) is 0.784. The fourth-order valence-electron chi connectivity index (χ4n) is 1.39. The minimum Gasteiger partial charge on any atom is -0.207 e. The van der Waals surface area contributed by atoms with Crippen molar-refractivity contribution in [1.29, 1.82) is 5.26 Å². The van der Waals surface area contributed by atoms with Crippen molar-refractivity contribution in [3.63, 3.8) is 0 Å². The van der Waals surface area contributed by atoms with Gasteiger partial charge in [-0.2, -0.15) is 5.26 Å². The normalized spacial score (nSPS) is 19.8. The zero-order valence-electron chi connectivity index (χ0n) is 5.84. The van der Waals surface area contributed by atoms with Gasteiger partial charge in [-0.3, -0.25) is 0 Å². The lowest BCUT2D eigenvalue weighted by Crippen LogP contribution is -2.15. The van der Waals surface area contributed by atoms with Crippen molar-refractivity contribution < 1.29 is 4.39 Å².